The number of hydrogen-bond donors (Lipinski definition) is 2. The third-order valence-corrected chi connectivity index (χ3v) is 2.06. The third-order valence-electron chi connectivity index (χ3n) is 2.06. The predicted octanol–water partition coefficient (Wildman–Crippen LogP) is 1.58. The molecular weight excluding hydrogens is 164 g/mol. The molecule has 0 spiro atoms. The van der Waals surface area contributed by atoms with E-state index in [9.17, 15) is 4.79 Å². The maximum absolute atomic E-state index is 11.0. The van der Waals surface area contributed by atoms with Gasteiger partial charge in [-0.2, -0.15) is 0 Å². The van der Waals surface area contributed by atoms with E-state index in [0.717, 1.165) is 16.6 Å². The fourth-order valence-corrected chi connectivity index (χ4v) is 1.51. The van der Waals surface area contributed by atoms with Crippen LogP contribution in [0.5, 0.6) is 0 Å². The van der Waals surface area contributed by atoms with Crippen molar-refractivity contribution in [3.8, 4) is 0 Å². The zero-order chi connectivity index (χ0) is 9.42. The number of aromatic amines is 1. The normalized spacial score (nSPS) is 10.5. The molecule has 13 heavy (non-hydrogen) atoms. The average Bonchev–Trinajstić information content (AvgIpc) is 2.43. The molecule has 0 saturated heterocycles. The fraction of sp³-hybridized carbons (Fsp3) is 0.100. The number of rotatable bonds is 1. The van der Waals surface area contributed by atoms with Gasteiger partial charge in [0, 0.05) is 22.2 Å². The van der Waals surface area contributed by atoms with Crippen molar-refractivity contribution in [3.63, 3.8) is 0 Å². The van der Waals surface area contributed by atoms with Gasteiger partial charge in [-0.25, -0.2) is 0 Å². The van der Waals surface area contributed by atoms with Crippen LogP contribution in [0.3, 0.4) is 0 Å². The van der Waals surface area contributed by atoms with Gasteiger partial charge in [0.25, 0.3) is 0 Å². The monoisotopic (exact) mass is 174 g/mol. The van der Waals surface area contributed by atoms with Gasteiger partial charge in [0.2, 0.25) is 5.91 Å². The maximum Gasteiger partial charge on any atom is 0.249 e. The second-order valence-corrected chi connectivity index (χ2v) is 3.08. The average molecular weight is 174 g/mol. The van der Waals surface area contributed by atoms with Crippen molar-refractivity contribution in [2.45, 2.75) is 6.92 Å². The molecule has 3 N–H and O–H groups in total. The van der Waals surface area contributed by atoms with Crippen molar-refractivity contribution < 1.29 is 4.79 Å². The molecule has 0 unspecified atom stereocenters. The summed E-state index contributed by atoms with van der Waals surface area (Å²) in [7, 11) is 0. The van der Waals surface area contributed by atoms with Crippen molar-refractivity contribution in [2.24, 2.45) is 5.73 Å². The van der Waals surface area contributed by atoms with Crippen LogP contribution < -0.4 is 5.73 Å². The first-order valence-electron chi connectivity index (χ1n) is 4.06. The Balaban J connectivity index is 2.82. The van der Waals surface area contributed by atoms with Crippen LogP contribution in [-0.2, 0) is 0 Å². The lowest BCUT2D eigenvalue weighted by Gasteiger charge is -1.95. The lowest BCUT2D eigenvalue weighted by Crippen LogP contribution is -2.10. The summed E-state index contributed by atoms with van der Waals surface area (Å²) in [5, 5.41) is 0.896. The molecule has 0 aliphatic carbocycles. The summed E-state index contributed by atoms with van der Waals surface area (Å²) in [4.78, 5) is 14.2. The molecule has 1 aromatic carbocycles. The number of nitrogens with two attached hydrogens (primary N) is 1. The minimum atomic E-state index is -0.385. The van der Waals surface area contributed by atoms with Crippen molar-refractivity contribution in [3.05, 3.63) is 35.5 Å². The van der Waals surface area contributed by atoms with Gasteiger partial charge in [-0.3, -0.25) is 4.79 Å². The number of nitrogens with one attached hydrogen (secondary N) is 1. The van der Waals surface area contributed by atoms with E-state index >= 15 is 0 Å². The van der Waals surface area contributed by atoms with Gasteiger partial charge in [-0.1, -0.05) is 6.07 Å². The topological polar surface area (TPSA) is 58.9 Å². The highest BCUT2D eigenvalue weighted by atomic mass is 16.1. The van der Waals surface area contributed by atoms with Gasteiger partial charge in [0.05, 0.1) is 0 Å². The number of aryl methyl sites for hydroxylation is 1. The van der Waals surface area contributed by atoms with E-state index in [2.05, 4.69) is 4.98 Å². The molecule has 2 rings (SSSR count). The highest BCUT2D eigenvalue weighted by molar-refractivity contribution is 6.05. The zero-order valence-corrected chi connectivity index (χ0v) is 7.29. The van der Waals surface area contributed by atoms with E-state index in [-0.39, 0.29) is 5.91 Å². The van der Waals surface area contributed by atoms with E-state index in [1.807, 2.05) is 25.1 Å². The van der Waals surface area contributed by atoms with Crippen LogP contribution in [-0.4, -0.2) is 10.9 Å². The molecule has 0 saturated carbocycles. The van der Waals surface area contributed by atoms with E-state index in [1.54, 1.807) is 6.07 Å². The lowest BCUT2D eigenvalue weighted by atomic mass is 10.1. The van der Waals surface area contributed by atoms with Crippen molar-refractivity contribution in [1.82, 2.24) is 4.98 Å². The van der Waals surface area contributed by atoms with Gasteiger partial charge in [-0.05, 0) is 25.1 Å². The second kappa shape index (κ2) is 2.62. The Kier molecular flexibility index (Phi) is 1.59. The smallest absolute Gasteiger partial charge is 0.249 e. The number of primary amides is 1. The Hall–Kier alpha value is -1.77. The Labute approximate surface area is 75.6 Å². The number of hydrogen-bond acceptors (Lipinski definition) is 1. The van der Waals surface area contributed by atoms with Crippen LogP contribution in [0, 0.1) is 6.92 Å². The molecule has 0 bridgehead atoms. The molecule has 0 atom stereocenters. The minimum Gasteiger partial charge on any atom is -0.366 e. The number of carbonyl (C=O) groups excluding carboxylic acids is 1. The van der Waals surface area contributed by atoms with Gasteiger partial charge in [0.15, 0.2) is 0 Å². The lowest BCUT2D eigenvalue weighted by molar-refractivity contribution is 0.100. The first-order chi connectivity index (χ1) is 6.18. The number of benzene rings is 1. The van der Waals surface area contributed by atoms with E-state index in [4.69, 9.17) is 5.73 Å². The summed E-state index contributed by atoms with van der Waals surface area (Å²) in [6.45, 7) is 1.95. The Bertz CT molecular complexity index is 471. The van der Waals surface area contributed by atoms with Crippen LogP contribution in [0.2, 0.25) is 0 Å². The zero-order valence-electron chi connectivity index (χ0n) is 7.29. The molecule has 0 radical (unpaired) electrons. The molecule has 0 aliphatic rings. The molecular formula is C10H10N2O. The van der Waals surface area contributed by atoms with E-state index < -0.39 is 0 Å². The Morgan fingerprint density at radius 1 is 1.46 bits per heavy atom. The summed E-state index contributed by atoms with van der Waals surface area (Å²) in [6, 6.07) is 7.40. The van der Waals surface area contributed by atoms with Crippen LogP contribution in [0.1, 0.15) is 16.1 Å². The number of aromatic nitrogens is 1. The Morgan fingerprint density at radius 3 is 2.92 bits per heavy atom. The van der Waals surface area contributed by atoms with Crippen molar-refractivity contribution >= 4 is 16.8 Å². The molecule has 1 amide bonds. The molecule has 2 aromatic rings. The largest absolute Gasteiger partial charge is 0.366 e. The SMILES string of the molecule is Cc1cc2c(C(N)=O)cccc2[nH]1. The highest BCUT2D eigenvalue weighted by Gasteiger charge is 2.06. The van der Waals surface area contributed by atoms with Gasteiger partial charge in [0.1, 0.15) is 0 Å². The number of H-pyrrole nitrogens is 1. The number of carbonyl (C=O) groups is 1. The minimum absolute atomic E-state index is 0.385. The van der Waals surface area contributed by atoms with Gasteiger partial charge in [-0.15, -0.1) is 0 Å². The summed E-state index contributed by atoms with van der Waals surface area (Å²) in [6.07, 6.45) is 0. The standard InChI is InChI=1S/C10H10N2O/c1-6-5-8-7(10(11)13)3-2-4-9(8)12-6/h2-5,12H,1H3,(H2,11,13). The number of fused-ring (bicyclic) bond motifs is 1. The van der Waals surface area contributed by atoms with Crippen LogP contribution in [0.25, 0.3) is 10.9 Å². The molecule has 0 fully saturated rings. The molecule has 66 valence electrons. The molecule has 1 heterocycles. The fourth-order valence-electron chi connectivity index (χ4n) is 1.51. The maximum atomic E-state index is 11.0. The van der Waals surface area contributed by atoms with Crippen molar-refractivity contribution in [2.75, 3.05) is 0 Å². The molecule has 3 nitrogen and oxygen atoms in total. The first-order valence-corrected chi connectivity index (χ1v) is 4.06. The summed E-state index contributed by atoms with van der Waals surface area (Å²) in [5.74, 6) is -0.385. The summed E-state index contributed by atoms with van der Waals surface area (Å²) >= 11 is 0. The van der Waals surface area contributed by atoms with E-state index in [0.29, 0.717) is 5.56 Å². The van der Waals surface area contributed by atoms with Gasteiger partial charge < -0.3 is 10.7 Å². The number of amides is 1. The van der Waals surface area contributed by atoms with E-state index in [1.165, 1.54) is 0 Å². The third kappa shape index (κ3) is 1.18. The van der Waals surface area contributed by atoms with Crippen LogP contribution in [0.15, 0.2) is 24.3 Å². The molecule has 0 aliphatic heterocycles. The quantitative estimate of drug-likeness (QED) is 0.677. The van der Waals surface area contributed by atoms with Gasteiger partial charge >= 0.3 is 0 Å². The summed E-state index contributed by atoms with van der Waals surface area (Å²) < 4.78 is 0. The van der Waals surface area contributed by atoms with Crippen LogP contribution >= 0.6 is 0 Å². The predicted molar refractivity (Wildman–Crippen MR) is 51.6 cm³/mol. The molecule has 1 aromatic heterocycles. The summed E-state index contributed by atoms with van der Waals surface area (Å²) in [5.41, 5.74) is 7.79. The highest BCUT2D eigenvalue weighted by Crippen LogP contribution is 2.18. The van der Waals surface area contributed by atoms with Crippen LogP contribution in [0.4, 0.5) is 0 Å². The van der Waals surface area contributed by atoms with Crippen molar-refractivity contribution in [1.29, 1.82) is 0 Å². The first kappa shape index (κ1) is 7.86. The Morgan fingerprint density at radius 2 is 2.23 bits per heavy atom. The molecule has 3 heteroatoms. The second-order valence-electron chi connectivity index (χ2n) is 3.08.